The van der Waals surface area contributed by atoms with Gasteiger partial charge in [-0.05, 0) is 54.7 Å². The van der Waals surface area contributed by atoms with Gasteiger partial charge in [0.05, 0.1) is 5.56 Å². The van der Waals surface area contributed by atoms with E-state index in [0.717, 1.165) is 29.9 Å². The molecule has 0 N–H and O–H groups in total. The Morgan fingerprint density at radius 3 is 2.47 bits per heavy atom. The van der Waals surface area contributed by atoms with Gasteiger partial charge in [0.2, 0.25) is 0 Å². The maximum Gasteiger partial charge on any atom is 0.152 e. The summed E-state index contributed by atoms with van der Waals surface area (Å²) in [5.74, 6) is 5.82. The molecule has 2 heteroatoms. The zero-order chi connectivity index (χ0) is 13.8. The number of benzene rings is 1. The van der Waals surface area contributed by atoms with Gasteiger partial charge in [-0.1, -0.05) is 25.8 Å². The maximum atomic E-state index is 14.1. The van der Waals surface area contributed by atoms with Crippen molar-refractivity contribution < 1.29 is 4.39 Å². The van der Waals surface area contributed by atoms with Crippen LogP contribution < -0.4 is 0 Å². The van der Waals surface area contributed by atoms with Gasteiger partial charge < -0.3 is 0 Å². The van der Waals surface area contributed by atoms with E-state index in [9.17, 15) is 4.39 Å². The second-order valence-corrected chi connectivity index (χ2v) is 5.51. The molecule has 0 saturated heterocycles. The summed E-state index contributed by atoms with van der Waals surface area (Å²) in [6.07, 6.45) is 4.73. The summed E-state index contributed by atoms with van der Waals surface area (Å²) < 4.78 is 14.1. The number of nitriles is 1. The molecule has 0 radical (unpaired) electrons. The fourth-order valence-corrected chi connectivity index (χ4v) is 2.85. The molecular formula is C17H18FN. The van der Waals surface area contributed by atoms with Gasteiger partial charge in [-0.2, -0.15) is 5.26 Å². The Balaban J connectivity index is 2.27. The van der Waals surface area contributed by atoms with Gasteiger partial charge in [-0.3, -0.25) is 0 Å². The van der Waals surface area contributed by atoms with Gasteiger partial charge in [-0.15, -0.1) is 0 Å². The molecule has 0 bridgehead atoms. The first-order chi connectivity index (χ1) is 9.11. The van der Waals surface area contributed by atoms with E-state index in [4.69, 9.17) is 5.26 Å². The van der Waals surface area contributed by atoms with Crippen LogP contribution in [0.25, 0.3) is 0 Å². The van der Waals surface area contributed by atoms with Crippen molar-refractivity contribution in [3.8, 4) is 17.9 Å². The van der Waals surface area contributed by atoms with Gasteiger partial charge in [0.25, 0.3) is 0 Å². The van der Waals surface area contributed by atoms with E-state index in [1.54, 1.807) is 12.1 Å². The van der Waals surface area contributed by atoms with Crippen molar-refractivity contribution in [1.82, 2.24) is 0 Å². The molecule has 0 heterocycles. The van der Waals surface area contributed by atoms with Crippen molar-refractivity contribution in [2.75, 3.05) is 0 Å². The first-order valence-corrected chi connectivity index (χ1v) is 6.82. The van der Waals surface area contributed by atoms with Crippen LogP contribution in [-0.4, -0.2) is 0 Å². The lowest BCUT2D eigenvalue weighted by molar-refractivity contribution is 0.347. The third-order valence-corrected chi connectivity index (χ3v) is 4.04. The van der Waals surface area contributed by atoms with E-state index >= 15 is 0 Å². The Morgan fingerprint density at radius 1 is 1.21 bits per heavy atom. The normalized spacial score (nSPS) is 22.2. The molecule has 98 valence electrons. The number of aryl methyl sites for hydroxylation is 1. The van der Waals surface area contributed by atoms with Crippen LogP contribution in [0, 0.1) is 41.8 Å². The number of halogens is 1. The van der Waals surface area contributed by atoms with E-state index in [1.807, 2.05) is 13.0 Å². The predicted molar refractivity (Wildman–Crippen MR) is 74.0 cm³/mol. The van der Waals surface area contributed by atoms with Gasteiger partial charge in [0, 0.05) is 5.92 Å². The first kappa shape index (κ1) is 13.6. The molecule has 1 aromatic rings. The zero-order valence-electron chi connectivity index (χ0n) is 11.5. The highest BCUT2D eigenvalue weighted by molar-refractivity contribution is 5.46. The molecule has 1 aromatic carbocycles. The molecule has 1 aliphatic rings. The lowest BCUT2D eigenvalue weighted by atomic mass is 9.79. The molecule has 1 aliphatic carbocycles. The average Bonchev–Trinajstić information content (AvgIpc) is 2.38. The second kappa shape index (κ2) is 5.89. The molecule has 1 nitrogen and oxygen atoms in total. The number of nitrogens with zero attached hydrogens (tertiary/aromatic N) is 1. The summed E-state index contributed by atoms with van der Waals surface area (Å²) in [6.45, 7) is 4.14. The molecule has 19 heavy (non-hydrogen) atoms. The van der Waals surface area contributed by atoms with Crippen LogP contribution in [0.5, 0.6) is 0 Å². The predicted octanol–water partition coefficient (Wildman–Crippen LogP) is 4.30. The Hall–Kier alpha value is -1.80. The lowest BCUT2D eigenvalue weighted by Gasteiger charge is -2.26. The smallest absolute Gasteiger partial charge is 0.152 e. The minimum absolute atomic E-state index is 0.295. The standard InChI is InChI=1S/C17H18FN/c1-12-5-7-14(8-6-12)15-10-13(2)16(4-3-9-19)17(18)11-15/h10-12,14H,5-8H2,1-2H3. The molecule has 1 saturated carbocycles. The van der Waals surface area contributed by atoms with Crippen LogP contribution in [0.4, 0.5) is 4.39 Å². The van der Waals surface area contributed by atoms with Gasteiger partial charge in [0.15, 0.2) is 6.07 Å². The highest BCUT2D eigenvalue weighted by Crippen LogP contribution is 2.36. The summed E-state index contributed by atoms with van der Waals surface area (Å²) in [4.78, 5) is 0. The van der Waals surface area contributed by atoms with Crippen molar-refractivity contribution in [1.29, 1.82) is 5.26 Å². The van der Waals surface area contributed by atoms with Gasteiger partial charge in [-0.25, -0.2) is 4.39 Å². The summed E-state index contributed by atoms with van der Waals surface area (Å²) in [7, 11) is 0. The molecule has 0 atom stereocenters. The van der Waals surface area contributed by atoms with Crippen LogP contribution in [0.15, 0.2) is 12.1 Å². The SMILES string of the molecule is Cc1cc(C2CCC(C)CC2)cc(F)c1C#CC#N. The Morgan fingerprint density at radius 2 is 1.89 bits per heavy atom. The largest absolute Gasteiger partial charge is 0.206 e. The van der Waals surface area contributed by atoms with Crippen molar-refractivity contribution in [2.24, 2.45) is 5.92 Å². The molecule has 0 amide bonds. The minimum atomic E-state index is -0.295. The van der Waals surface area contributed by atoms with Crippen LogP contribution in [0.3, 0.4) is 0 Å². The van der Waals surface area contributed by atoms with E-state index in [1.165, 1.54) is 12.8 Å². The second-order valence-electron chi connectivity index (χ2n) is 5.51. The van der Waals surface area contributed by atoms with Crippen molar-refractivity contribution in [3.63, 3.8) is 0 Å². The zero-order valence-corrected chi connectivity index (χ0v) is 11.5. The Bertz CT molecular complexity index is 540. The van der Waals surface area contributed by atoms with Crippen LogP contribution in [0.1, 0.15) is 55.2 Å². The summed E-state index contributed by atoms with van der Waals surface area (Å²) in [6, 6.07) is 5.36. The fourth-order valence-electron chi connectivity index (χ4n) is 2.85. The molecule has 1 fully saturated rings. The van der Waals surface area contributed by atoms with E-state index in [2.05, 4.69) is 18.8 Å². The summed E-state index contributed by atoms with van der Waals surface area (Å²) in [5, 5.41) is 8.45. The van der Waals surface area contributed by atoms with Gasteiger partial charge >= 0.3 is 0 Å². The quantitative estimate of drug-likeness (QED) is 0.686. The molecule has 0 aliphatic heterocycles. The minimum Gasteiger partial charge on any atom is -0.206 e. The molecule has 0 aromatic heterocycles. The topological polar surface area (TPSA) is 23.8 Å². The summed E-state index contributed by atoms with van der Waals surface area (Å²) in [5.41, 5.74) is 2.27. The highest BCUT2D eigenvalue weighted by Gasteiger charge is 2.21. The van der Waals surface area contributed by atoms with Crippen molar-refractivity contribution in [3.05, 3.63) is 34.6 Å². The molecule has 0 spiro atoms. The van der Waals surface area contributed by atoms with Crippen LogP contribution in [-0.2, 0) is 0 Å². The maximum absolute atomic E-state index is 14.1. The molecule has 2 rings (SSSR count). The molecular weight excluding hydrogens is 237 g/mol. The Labute approximate surface area is 114 Å². The highest BCUT2D eigenvalue weighted by atomic mass is 19.1. The van der Waals surface area contributed by atoms with Crippen LogP contribution in [0.2, 0.25) is 0 Å². The number of hydrogen-bond acceptors (Lipinski definition) is 1. The van der Waals surface area contributed by atoms with E-state index in [-0.39, 0.29) is 5.82 Å². The fraction of sp³-hybridized carbons (Fsp3) is 0.471. The monoisotopic (exact) mass is 255 g/mol. The lowest BCUT2D eigenvalue weighted by Crippen LogP contribution is -2.11. The summed E-state index contributed by atoms with van der Waals surface area (Å²) >= 11 is 0. The average molecular weight is 255 g/mol. The van der Waals surface area contributed by atoms with Crippen molar-refractivity contribution in [2.45, 2.75) is 45.4 Å². The van der Waals surface area contributed by atoms with E-state index in [0.29, 0.717) is 11.5 Å². The molecule has 0 unspecified atom stereocenters. The number of rotatable bonds is 1. The van der Waals surface area contributed by atoms with Crippen molar-refractivity contribution >= 4 is 0 Å². The Kier molecular flexibility index (Phi) is 4.23. The number of hydrogen-bond donors (Lipinski definition) is 0. The van der Waals surface area contributed by atoms with Gasteiger partial charge in [0.1, 0.15) is 5.82 Å². The third kappa shape index (κ3) is 3.15. The van der Waals surface area contributed by atoms with E-state index < -0.39 is 0 Å². The third-order valence-electron chi connectivity index (χ3n) is 4.04. The first-order valence-electron chi connectivity index (χ1n) is 6.82. The van der Waals surface area contributed by atoms with Crippen LogP contribution >= 0.6 is 0 Å².